The molecule has 7 nitrogen and oxygen atoms in total. The highest BCUT2D eigenvalue weighted by Crippen LogP contribution is 2.40. The Bertz CT molecular complexity index is 1410. The molecular formula is C31H30N2O5S. The van der Waals surface area contributed by atoms with Crippen LogP contribution in [0, 0.1) is 0 Å². The number of pyridine rings is 1. The second-order valence-electron chi connectivity index (χ2n) is 9.35. The van der Waals surface area contributed by atoms with Crippen molar-refractivity contribution < 1.29 is 24.5 Å². The van der Waals surface area contributed by atoms with Crippen molar-refractivity contribution in [3.05, 3.63) is 119 Å². The quantitative estimate of drug-likeness (QED) is 0.230. The Morgan fingerprint density at radius 1 is 0.923 bits per heavy atom. The lowest BCUT2D eigenvalue weighted by Crippen LogP contribution is -2.31. The second kappa shape index (κ2) is 12.5. The van der Waals surface area contributed by atoms with Crippen LogP contribution in [0.1, 0.15) is 51.4 Å². The summed E-state index contributed by atoms with van der Waals surface area (Å²) in [5, 5.41) is 19.4. The third-order valence-electron chi connectivity index (χ3n) is 6.70. The lowest BCUT2D eigenvalue weighted by molar-refractivity contribution is -0.245. The van der Waals surface area contributed by atoms with Gasteiger partial charge >= 0.3 is 5.97 Å². The molecule has 0 amide bonds. The molecule has 39 heavy (non-hydrogen) atoms. The zero-order valence-electron chi connectivity index (χ0n) is 21.3. The van der Waals surface area contributed by atoms with Gasteiger partial charge in [-0.1, -0.05) is 66.7 Å². The highest BCUT2D eigenvalue weighted by atomic mass is 32.2. The molecule has 1 aliphatic heterocycles. The van der Waals surface area contributed by atoms with Crippen LogP contribution in [0.5, 0.6) is 0 Å². The Morgan fingerprint density at radius 2 is 1.69 bits per heavy atom. The standard InChI is InChI=1S/C31H30N2O5S/c32-17-21-3-1-4-25(15-21)22-10-12-24(13-11-22)31-37-26(19-39-29-27(30(35)36)5-2-14-33-29)16-28(38-31)23-8-6-20(18-34)7-9-23/h1-15,26,28,31,34H,16-19,32H2,(H,35,36). The maximum absolute atomic E-state index is 11.6. The van der Waals surface area contributed by atoms with Crippen LogP contribution in [-0.4, -0.2) is 33.0 Å². The predicted molar refractivity (Wildman–Crippen MR) is 150 cm³/mol. The normalized spacial score (nSPS) is 19.1. The van der Waals surface area contributed by atoms with Crippen LogP contribution in [0.25, 0.3) is 11.1 Å². The number of aliphatic hydroxyl groups is 1. The van der Waals surface area contributed by atoms with Gasteiger partial charge in [-0.2, -0.15) is 0 Å². The third-order valence-corrected chi connectivity index (χ3v) is 7.84. The number of thioether (sulfide) groups is 1. The van der Waals surface area contributed by atoms with Crippen molar-refractivity contribution >= 4 is 17.7 Å². The number of benzene rings is 3. The molecular weight excluding hydrogens is 512 g/mol. The Kier molecular flexibility index (Phi) is 8.71. The number of nitrogens with two attached hydrogens (primary N) is 1. The summed E-state index contributed by atoms with van der Waals surface area (Å²) in [6.45, 7) is 0.468. The van der Waals surface area contributed by atoms with E-state index < -0.39 is 12.3 Å². The van der Waals surface area contributed by atoms with Crippen molar-refractivity contribution in [1.29, 1.82) is 0 Å². The van der Waals surface area contributed by atoms with Crippen molar-refractivity contribution in [2.45, 2.75) is 43.1 Å². The first kappa shape index (κ1) is 27.1. The van der Waals surface area contributed by atoms with Crippen molar-refractivity contribution in [1.82, 2.24) is 4.98 Å². The summed E-state index contributed by atoms with van der Waals surface area (Å²) in [7, 11) is 0. The molecule has 0 spiro atoms. The molecule has 4 aromatic rings. The van der Waals surface area contributed by atoms with Crippen LogP contribution in [0.2, 0.25) is 0 Å². The summed E-state index contributed by atoms with van der Waals surface area (Å²) in [6, 6.07) is 27.2. The Balaban J connectivity index is 1.37. The van der Waals surface area contributed by atoms with Gasteiger partial charge in [0, 0.05) is 30.5 Å². The van der Waals surface area contributed by atoms with Gasteiger partial charge < -0.3 is 25.4 Å². The topological polar surface area (TPSA) is 115 Å². The molecule has 8 heteroatoms. The Labute approximate surface area is 231 Å². The number of hydrogen-bond donors (Lipinski definition) is 3. The van der Waals surface area contributed by atoms with Gasteiger partial charge in [-0.05, 0) is 46.0 Å². The number of aliphatic hydroxyl groups excluding tert-OH is 1. The fourth-order valence-corrected chi connectivity index (χ4v) is 5.58. The van der Waals surface area contributed by atoms with Crippen molar-refractivity contribution in [3.63, 3.8) is 0 Å². The highest BCUT2D eigenvalue weighted by molar-refractivity contribution is 7.99. The average molecular weight is 543 g/mol. The Hall–Kier alpha value is -3.53. The molecule has 2 heterocycles. The molecule has 4 N–H and O–H groups in total. The SMILES string of the molecule is NCc1cccc(-c2ccc(C3OC(CSc4ncccc4C(=O)O)CC(c4ccc(CO)cc4)O3)cc2)c1. The number of aromatic carboxylic acids is 1. The molecule has 1 saturated heterocycles. The van der Waals surface area contributed by atoms with Gasteiger partial charge in [0.2, 0.25) is 0 Å². The molecule has 1 aliphatic rings. The third kappa shape index (κ3) is 6.55. The number of carboxylic acids is 1. The van der Waals surface area contributed by atoms with E-state index in [0.29, 0.717) is 23.7 Å². The molecule has 200 valence electrons. The van der Waals surface area contributed by atoms with E-state index >= 15 is 0 Å². The molecule has 0 radical (unpaired) electrons. The van der Waals surface area contributed by atoms with Gasteiger partial charge in [0.25, 0.3) is 0 Å². The van der Waals surface area contributed by atoms with Gasteiger partial charge in [0.05, 0.1) is 24.4 Å². The number of nitrogens with zero attached hydrogens (tertiary/aromatic N) is 1. The molecule has 3 atom stereocenters. The van der Waals surface area contributed by atoms with Crippen molar-refractivity contribution in [2.24, 2.45) is 5.73 Å². The van der Waals surface area contributed by atoms with Crippen LogP contribution in [0.15, 0.2) is 96.2 Å². The molecule has 3 unspecified atom stereocenters. The fourth-order valence-electron chi connectivity index (χ4n) is 4.57. The largest absolute Gasteiger partial charge is 0.478 e. The van der Waals surface area contributed by atoms with E-state index in [-0.39, 0.29) is 24.4 Å². The van der Waals surface area contributed by atoms with Crippen LogP contribution in [0.4, 0.5) is 0 Å². The number of ether oxygens (including phenoxy) is 2. The van der Waals surface area contributed by atoms with Crippen molar-refractivity contribution in [3.8, 4) is 11.1 Å². The minimum atomic E-state index is -1.00. The van der Waals surface area contributed by atoms with Crippen LogP contribution in [0.3, 0.4) is 0 Å². The maximum atomic E-state index is 11.6. The van der Waals surface area contributed by atoms with E-state index in [1.807, 2.05) is 60.7 Å². The molecule has 5 rings (SSSR count). The van der Waals surface area contributed by atoms with Crippen LogP contribution >= 0.6 is 11.8 Å². The first-order valence-electron chi connectivity index (χ1n) is 12.7. The Morgan fingerprint density at radius 3 is 2.41 bits per heavy atom. The minimum absolute atomic E-state index is 0.0205. The van der Waals surface area contributed by atoms with Gasteiger partial charge in [0.15, 0.2) is 6.29 Å². The number of hydrogen-bond acceptors (Lipinski definition) is 7. The summed E-state index contributed by atoms with van der Waals surface area (Å²) in [4.78, 5) is 15.9. The lowest BCUT2D eigenvalue weighted by atomic mass is 9.99. The molecule has 0 saturated carbocycles. The molecule has 3 aromatic carbocycles. The van der Waals surface area contributed by atoms with Crippen molar-refractivity contribution in [2.75, 3.05) is 5.75 Å². The second-order valence-corrected chi connectivity index (χ2v) is 10.4. The summed E-state index contributed by atoms with van der Waals surface area (Å²) in [5.74, 6) is -0.484. The van der Waals surface area contributed by atoms with Gasteiger partial charge in [0.1, 0.15) is 5.03 Å². The minimum Gasteiger partial charge on any atom is -0.478 e. The molecule has 1 fully saturated rings. The molecule has 0 aliphatic carbocycles. The van der Waals surface area contributed by atoms with E-state index in [0.717, 1.165) is 33.4 Å². The van der Waals surface area contributed by atoms with E-state index in [9.17, 15) is 15.0 Å². The van der Waals surface area contributed by atoms with Gasteiger partial charge in [-0.25, -0.2) is 9.78 Å². The smallest absolute Gasteiger partial charge is 0.338 e. The first-order chi connectivity index (χ1) is 19.0. The van der Waals surface area contributed by atoms with E-state index in [1.165, 1.54) is 11.8 Å². The molecule has 0 bridgehead atoms. The zero-order chi connectivity index (χ0) is 27.2. The highest BCUT2D eigenvalue weighted by Gasteiger charge is 2.32. The number of carbonyl (C=O) groups is 1. The van der Waals surface area contributed by atoms with Gasteiger partial charge in [-0.3, -0.25) is 0 Å². The van der Waals surface area contributed by atoms with Crippen LogP contribution in [-0.2, 0) is 22.6 Å². The number of rotatable bonds is 9. The summed E-state index contributed by atoms with van der Waals surface area (Å²) >= 11 is 1.37. The monoisotopic (exact) mass is 542 g/mol. The van der Waals surface area contributed by atoms with E-state index in [2.05, 4.69) is 17.1 Å². The number of carboxylic acid groups (broad SMARTS) is 1. The van der Waals surface area contributed by atoms with Gasteiger partial charge in [-0.15, -0.1) is 11.8 Å². The summed E-state index contributed by atoms with van der Waals surface area (Å²) in [6.07, 6.45) is 1.16. The average Bonchev–Trinajstić information content (AvgIpc) is 3.00. The van der Waals surface area contributed by atoms with Crippen LogP contribution < -0.4 is 5.73 Å². The van der Waals surface area contributed by atoms with E-state index in [4.69, 9.17) is 15.2 Å². The molecule has 1 aromatic heterocycles. The lowest BCUT2D eigenvalue weighted by Gasteiger charge is -2.36. The summed E-state index contributed by atoms with van der Waals surface area (Å²) < 4.78 is 12.8. The fraction of sp³-hybridized carbons (Fsp3) is 0.226. The first-order valence-corrected chi connectivity index (χ1v) is 13.7. The number of aromatic nitrogens is 1. The summed E-state index contributed by atoms with van der Waals surface area (Å²) in [5.41, 5.74) is 12.0. The zero-order valence-corrected chi connectivity index (χ0v) is 22.1. The predicted octanol–water partition coefficient (Wildman–Crippen LogP) is 5.74. The van der Waals surface area contributed by atoms with E-state index in [1.54, 1.807) is 18.3 Å². The maximum Gasteiger partial charge on any atom is 0.338 e.